The first-order valence-corrected chi connectivity index (χ1v) is 12.9. The molecule has 1 saturated heterocycles. The minimum atomic E-state index is 0.780. The van der Waals surface area contributed by atoms with E-state index >= 15 is 0 Å². The van der Waals surface area contributed by atoms with Crippen molar-refractivity contribution in [3.63, 3.8) is 0 Å². The molecule has 6 heterocycles. The number of H-pyrrole nitrogens is 2. The lowest BCUT2D eigenvalue weighted by Crippen LogP contribution is -2.18. The lowest BCUT2D eigenvalue weighted by Gasteiger charge is -2.14. The van der Waals surface area contributed by atoms with E-state index in [1.807, 2.05) is 18.6 Å². The van der Waals surface area contributed by atoms with Crippen molar-refractivity contribution in [2.45, 2.75) is 19.4 Å². The molecule has 1 fully saturated rings. The molecule has 6 aromatic rings. The Morgan fingerprint density at radius 3 is 2.71 bits per heavy atom. The third kappa shape index (κ3) is 3.73. The summed E-state index contributed by atoms with van der Waals surface area (Å²) in [5.41, 5.74) is 8.35. The van der Waals surface area contributed by atoms with Crippen molar-refractivity contribution in [1.82, 2.24) is 30.0 Å². The van der Waals surface area contributed by atoms with E-state index in [1.165, 1.54) is 47.3 Å². The first-order chi connectivity index (χ1) is 17.3. The molecule has 1 aliphatic heterocycles. The fourth-order valence-corrected chi connectivity index (χ4v) is 5.89. The average Bonchev–Trinajstić information content (AvgIpc) is 3.70. The molecule has 7 rings (SSSR count). The van der Waals surface area contributed by atoms with Crippen LogP contribution in [-0.2, 0) is 6.54 Å². The van der Waals surface area contributed by atoms with Gasteiger partial charge in [0.15, 0.2) is 5.65 Å². The lowest BCUT2D eigenvalue weighted by molar-refractivity contribution is 0.331. The Balaban J connectivity index is 1.28. The number of hydrogen-bond acceptors (Lipinski definition) is 5. The molecule has 0 spiro atoms. The van der Waals surface area contributed by atoms with Crippen molar-refractivity contribution < 1.29 is 0 Å². The number of pyridine rings is 2. The van der Waals surface area contributed by atoms with E-state index in [1.54, 1.807) is 11.3 Å². The van der Waals surface area contributed by atoms with Crippen molar-refractivity contribution in [3.8, 4) is 33.0 Å². The first kappa shape index (κ1) is 20.6. The van der Waals surface area contributed by atoms with Crippen LogP contribution in [0, 0.1) is 0 Å². The molecule has 0 amide bonds. The highest BCUT2D eigenvalue weighted by Gasteiger charge is 2.16. The van der Waals surface area contributed by atoms with Crippen LogP contribution in [0.25, 0.3) is 54.9 Å². The number of likely N-dealkylation sites (tertiary alicyclic amines) is 1. The molecule has 1 aromatic carbocycles. The van der Waals surface area contributed by atoms with E-state index in [9.17, 15) is 0 Å². The van der Waals surface area contributed by atoms with Gasteiger partial charge in [-0.25, -0.2) is 4.98 Å². The van der Waals surface area contributed by atoms with Gasteiger partial charge in [0.05, 0.1) is 5.69 Å². The molecule has 6 nitrogen and oxygen atoms in total. The van der Waals surface area contributed by atoms with Gasteiger partial charge in [0.1, 0.15) is 5.69 Å². The van der Waals surface area contributed by atoms with Gasteiger partial charge in [0.2, 0.25) is 0 Å². The smallest absolute Gasteiger partial charge is 0.155 e. The SMILES string of the molecule is c1csc(-c2cccc3[nH]c(-c4n[nH]c5ncc(-c6cncc(CN7CCCC7)c6)cc45)cc23)c1. The number of nitrogens with zero attached hydrogens (tertiary/aromatic N) is 4. The molecule has 0 radical (unpaired) electrons. The normalized spacial score (nSPS) is 14.4. The van der Waals surface area contributed by atoms with Gasteiger partial charge in [-0.2, -0.15) is 5.10 Å². The second kappa shape index (κ2) is 8.45. The predicted molar refractivity (Wildman–Crippen MR) is 142 cm³/mol. The summed E-state index contributed by atoms with van der Waals surface area (Å²) in [5.74, 6) is 0. The Morgan fingerprint density at radius 2 is 1.83 bits per heavy atom. The second-order valence-electron chi connectivity index (χ2n) is 9.18. The maximum atomic E-state index is 4.68. The highest BCUT2D eigenvalue weighted by Crippen LogP contribution is 2.36. The third-order valence-electron chi connectivity index (χ3n) is 6.86. The number of aromatic amines is 2. The number of rotatable bonds is 5. The molecule has 172 valence electrons. The number of aromatic nitrogens is 5. The molecular weight excluding hydrogens is 452 g/mol. The van der Waals surface area contributed by atoms with E-state index in [0.29, 0.717) is 0 Å². The molecule has 2 N–H and O–H groups in total. The molecule has 0 bridgehead atoms. The van der Waals surface area contributed by atoms with Gasteiger partial charge in [-0.1, -0.05) is 18.2 Å². The number of fused-ring (bicyclic) bond motifs is 2. The van der Waals surface area contributed by atoms with Gasteiger partial charge in [0.25, 0.3) is 0 Å². The van der Waals surface area contributed by atoms with E-state index in [4.69, 9.17) is 0 Å². The van der Waals surface area contributed by atoms with Crippen LogP contribution in [0.4, 0.5) is 0 Å². The Bertz CT molecular complexity index is 1640. The zero-order valence-electron chi connectivity index (χ0n) is 19.2. The number of hydrogen-bond donors (Lipinski definition) is 2. The average molecular weight is 477 g/mol. The largest absolute Gasteiger partial charge is 0.353 e. The van der Waals surface area contributed by atoms with Crippen molar-refractivity contribution in [2.75, 3.05) is 13.1 Å². The highest BCUT2D eigenvalue weighted by atomic mass is 32.1. The Morgan fingerprint density at radius 1 is 0.914 bits per heavy atom. The van der Waals surface area contributed by atoms with Crippen LogP contribution >= 0.6 is 11.3 Å². The molecule has 0 saturated carbocycles. The van der Waals surface area contributed by atoms with E-state index in [0.717, 1.165) is 45.6 Å². The molecule has 5 aromatic heterocycles. The van der Waals surface area contributed by atoms with Crippen LogP contribution in [0.5, 0.6) is 0 Å². The summed E-state index contributed by atoms with van der Waals surface area (Å²) in [5, 5.41) is 12.1. The van der Waals surface area contributed by atoms with Gasteiger partial charge >= 0.3 is 0 Å². The number of benzene rings is 1. The van der Waals surface area contributed by atoms with Crippen molar-refractivity contribution >= 4 is 33.3 Å². The van der Waals surface area contributed by atoms with Gasteiger partial charge in [-0.05, 0) is 67.2 Å². The predicted octanol–water partition coefficient (Wildman–Crippen LogP) is 6.49. The molecule has 1 aliphatic rings. The monoisotopic (exact) mass is 476 g/mol. The van der Waals surface area contributed by atoms with Crippen LogP contribution < -0.4 is 0 Å². The molecule has 0 aliphatic carbocycles. The van der Waals surface area contributed by atoms with E-state index in [-0.39, 0.29) is 0 Å². The summed E-state index contributed by atoms with van der Waals surface area (Å²) in [6.45, 7) is 3.30. The summed E-state index contributed by atoms with van der Waals surface area (Å²) in [4.78, 5) is 16.5. The van der Waals surface area contributed by atoms with Crippen LogP contribution in [0.1, 0.15) is 18.4 Å². The van der Waals surface area contributed by atoms with Crippen LogP contribution in [-0.4, -0.2) is 43.1 Å². The van der Waals surface area contributed by atoms with Crippen molar-refractivity contribution in [3.05, 3.63) is 78.1 Å². The zero-order chi connectivity index (χ0) is 23.2. The quantitative estimate of drug-likeness (QED) is 0.298. The van der Waals surface area contributed by atoms with E-state index < -0.39 is 0 Å². The third-order valence-corrected chi connectivity index (χ3v) is 7.76. The van der Waals surface area contributed by atoms with Crippen LogP contribution in [0.15, 0.2) is 72.5 Å². The first-order valence-electron chi connectivity index (χ1n) is 12.0. The maximum Gasteiger partial charge on any atom is 0.155 e. The maximum absolute atomic E-state index is 4.68. The summed E-state index contributed by atoms with van der Waals surface area (Å²) in [6.07, 6.45) is 8.39. The number of thiophene rings is 1. The van der Waals surface area contributed by atoms with Crippen molar-refractivity contribution in [1.29, 1.82) is 0 Å². The fraction of sp³-hybridized carbons (Fsp3) is 0.179. The minimum absolute atomic E-state index is 0.780. The molecule has 35 heavy (non-hydrogen) atoms. The zero-order valence-corrected chi connectivity index (χ0v) is 20.0. The van der Waals surface area contributed by atoms with Crippen LogP contribution in [0.2, 0.25) is 0 Å². The summed E-state index contributed by atoms with van der Waals surface area (Å²) >= 11 is 1.76. The molecule has 7 heteroatoms. The van der Waals surface area contributed by atoms with Gasteiger partial charge < -0.3 is 4.98 Å². The van der Waals surface area contributed by atoms with Crippen LogP contribution in [0.3, 0.4) is 0 Å². The standard InChI is InChI=1S/C28H24N6S/c1-2-9-34(8-1)17-18-11-19(15-29-14-18)20-12-23-27(32-33-28(23)30-16-20)25-13-22-21(26-7-4-10-35-26)5-3-6-24(22)31-25/h3-7,10-16,31H,1-2,8-9,17H2,(H,30,32,33). The van der Waals surface area contributed by atoms with Gasteiger partial charge in [0, 0.05) is 63.0 Å². The Hall–Kier alpha value is -3.81. The summed E-state index contributed by atoms with van der Waals surface area (Å²) in [6, 6.07) is 17.3. The second-order valence-corrected chi connectivity index (χ2v) is 10.1. The highest BCUT2D eigenvalue weighted by molar-refractivity contribution is 7.13. The Kier molecular flexibility index (Phi) is 4.96. The summed E-state index contributed by atoms with van der Waals surface area (Å²) in [7, 11) is 0. The topological polar surface area (TPSA) is 73.5 Å². The van der Waals surface area contributed by atoms with Gasteiger partial charge in [-0.3, -0.25) is 15.0 Å². The Labute approximate surface area is 206 Å². The minimum Gasteiger partial charge on any atom is -0.353 e. The number of nitrogens with one attached hydrogen (secondary N) is 2. The van der Waals surface area contributed by atoms with Crippen molar-refractivity contribution in [2.24, 2.45) is 0 Å². The molecule has 0 atom stereocenters. The lowest BCUT2D eigenvalue weighted by atomic mass is 10.1. The molecular formula is C28H24N6S. The van der Waals surface area contributed by atoms with E-state index in [2.05, 4.69) is 84.0 Å². The fourth-order valence-electron chi connectivity index (χ4n) is 5.13. The van der Waals surface area contributed by atoms with Gasteiger partial charge in [-0.15, -0.1) is 11.3 Å². The molecule has 0 unspecified atom stereocenters. The summed E-state index contributed by atoms with van der Waals surface area (Å²) < 4.78 is 0.